The number of furan rings is 1. The summed E-state index contributed by atoms with van der Waals surface area (Å²) in [6.45, 7) is 2.29. The molecule has 0 unspecified atom stereocenters. The van der Waals surface area contributed by atoms with Crippen molar-refractivity contribution in [2.75, 3.05) is 6.54 Å². The van der Waals surface area contributed by atoms with E-state index in [1.807, 2.05) is 31.2 Å². The van der Waals surface area contributed by atoms with Crippen LogP contribution in [0.5, 0.6) is 0 Å². The SMILES string of the molecule is CCN1C(=O)/C(=C\c2ccc(-c3cccc(Cl)c3)o2)SC1=Nc1cccc(C(=O)O)c1. The number of hydrogen-bond donors (Lipinski definition) is 1. The van der Waals surface area contributed by atoms with Crippen LogP contribution in [0.2, 0.25) is 5.02 Å². The molecule has 1 aliphatic heterocycles. The number of nitrogens with zero attached hydrogens (tertiary/aromatic N) is 2. The lowest BCUT2D eigenvalue weighted by Gasteiger charge is -2.12. The van der Waals surface area contributed by atoms with E-state index >= 15 is 0 Å². The highest BCUT2D eigenvalue weighted by molar-refractivity contribution is 8.18. The number of amides is 1. The Hall–Kier alpha value is -3.29. The van der Waals surface area contributed by atoms with Gasteiger partial charge in [0.2, 0.25) is 0 Å². The highest BCUT2D eigenvalue weighted by Gasteiger charge is 2.32. The largest absolute Gasteiger partial charge is 0.478 e. The third-order valence-electron chi connectivity index (χ3n) is 4.53. The number of rotatable bonds is 5. The predicted molar refractivity (Wildman–Crippen MR) is 123 cm³/mol. The standard InChI is InChI=1S/C23H17ClN2O4S/c1-2-26-21(27)20(31-23(26)25-17-8-4-6-15(12-17)22(28)29)13-18-9-10-19(30-18)14-5-3-7-16(24)11-14/h3-13H,2H2,1H3,(H,28,29)/b20-13+,25-23?. The molecule has 8 heteroatoms. The van der Waals surface area contributed by atoms with Crippen LogP contribution in [-0.4, -0.2) is 33.6 Å². The zero-order chi connectivity index (χ0) is 22.0. The molecule has 0 saturated carbocycles. The van der Waals surface area contributed by atoms with Gasteiger partial charge in [-0.2, -0.15) is 0 Å². The van der Waals surface area contributed by atoms with Gasteiger partial charge in [0.05, 0.1) is 16.2 Å². The van der Waals surface area contributed by atoms with Gasteiger partial charge in [-0.05, 0) is 61.2 Å². The molecule has 0 spiro atoms. The second kappa shape index (κ2) is 8.83. The Kier molecular flexibility index (Phi) is 5.97. The maximum absolute atomic E-state index is 12.8. The summed E-state index contributed by atoms with van der Waals surface area (Å²) in [6, 6.07) is 17.2. The first kappa shape index (κ1) is 21.0. The Morgan fingerprint density at radius 2 is 2.00 bits per heavy atom. The second-order valence-corrected chi connectivity index (χ2v) is 8.07. The van der Waals surface area contributed by atoms with E-state index < -0.39 is 5.97 Å². The van der Waals surface area contributed by atoms with Crippen molar-refractivity contribution in [3.05, 3.63) is 81.9 Å². The maximum atomic E-state index is 12.8. The topological polar surface area (TPSA) is 83.1 Å². The lowest BCUT2D eigenvalue weighted by molar-refractivity contribution is -0.122. The average molecular weight is 453 g/mol. The van der Waals surface area contributed by atoms with Crippen molar-refractivity contribution in [1.82, 2.24) is 4.90 Å². The van der Waals surface area contributed by atoms with Crippen molar-refractivity contribution < 1.29 is 19.1 Å². The van der Waals surface area contributed by atoms with E-state index in [9.17, 15) is 14.7 Å². The first-order valence-electron chi connectivity index (χ1n) is 9.44. The molecule has 156 valence electrons. The number of hydrogen-bond acceptors (Lipinski definition) is 5. The smallest absolute Gasteiger partial charge is 0.335 e. The molecule has 1 amide bonds. The van der Waals surface area contributed by atoms with Crippen molar-refractivity contribution in [1.29, 1.82) is 0 Å². The number of halogens is 1. The molecule has 1 aromatic heterocycles. The number of amidine groups is 1. The van der Waals surface area contributed by atoms with Crippen LogP contribution in [0.1, 0.15) is 23.0 Å². The zero-order valence-corrected chi connectivity index (χ0v) is 18.0. The highest BCUT2D eigenvalue weighted by Crippen LogP contribution is 2.35. The molecule has 6 nitrogen and oxygen atoms in total. The summed E-state index contributed by atoms with van der Waals surface area (Å²) in [5.41, 5.74) is 1.45. The Morgan fingerprint density at radius 3 is 2.74 bits per heavy atom. The quantitative estimate of drug-likeness (QED) is 0.485. The fraction of sp³-hybridized carbons (Fsp3) is 0.0870. The number of carbonyl (C=O) groups is 2. The summed E-state index contributed by atoms with van der Waals surface area (Å²) in [5, 5.41) is 10.3. The third kappa shape index (κ3) is 4.57. The Bertz CT molecular complexity index is 1230. The molecule has 1 fully saturated rings. The molecule has 0 radical (unpaired) electrons. The van der Waals surface area contributed by atoms with E-state index in [-0.39, 0.29) is 11.5 Å². The Labute approximate surface area is 187 Å². The molecular formula is C23H17ClN2O4S. The number of aromatic carboxylic acids is 1. The van der Waals surface area contributed by atoms with Crippen LogP contribution in [-0.2, 0) is 4.79 Å². The molecular weight excluding hydrogens is 436 g/mol. The van der Waals surface area contributed by atoms with Gasteiger partial charge in [0.15, 0.2) is 5.17 Å². The van der Waals surface area contributed by atoms with Gasteiger partial charge in [0.25, 0.3) is 5.91 Å². The summed E-state index contributed by atoms with van der Waals surface area (Å²) in [6.07, 6.45) is 1.68. The molecule has 0 aliphatic carbocycles. The first-order valence-corrected chi connectivity index (χ1v) is 10.6. The summed E-state index contributed by atoms with van der Waals surface area (Å²) >= 11 is 7.27. The number of likely N-dealkylation sites (N-methyl/N-ethyl adjacent to an activating group) is 1. The normalized spacial score (nSPS) is 16.5. The first-order chi connectivity index (χ1) is 14.9. The summed E-state index contributed by atoms with van der Waals surface area (Å²) < 4.78 is 5.88. The van der Waals surface area contributed by atoms with Gasteiger partial charge in [0.1, 0.15) is 11.5 Å². The molecule has 0 atom stereocenters. The van der Waals surface area contributed by atoms with Gasteiger partial charge in [-0.1, -0.05) is 29.8 Å². The van der Waals surface area contributed by atoms with Gasteiger partial charge in [0, 0.05) is 23.2 Å². The van der Waals surface area contributed by atoms with E-state index in [0.717, 1.165) is 5.56 Å². The van der Waals surface area contributed by atoms with E-state index in [1.165, 1.54) is 23.9 Å². The molecule has 31 heavy (non-hydrogen) atoms. The van der Waals surface area contributed by atoms with Crippen molar-refractivity contribution in [2.24, 2.45) is 4.99 Å². The third-order valence-corrected chi connectivity index (χ3v) is 5.77. The van der Waals surface area contributed by atoms with Crippen LogP contribution < -0.4 is 0 Å². The Morgan fingerprint density at radius 1 is 1.19 bits per heavy atom. The summed E-state index contributed by atoms with van der Waals surface area (Å²) in [5.74, 6) is -0.0210. The van der Waals surface area contributed by atoms with Gasteiger partial charge < -0.3 is 9.52 Å². The number of carbonyl (C=O) groups excluding carboxylic acids is 1. The Balaban J connectivity index is 1.62. The second-order valence-electron chi connectivity index (χ2n) is 6.62. The molecule has 1 saturated heterocycles. The van der Waals surface area contributed by atoms with Crippen molar-refractivity contribution >= 4 is 52.2 Å². The molecule has 2 aromatic carbocycles. The minimum Gasteiger partial charge on any atom is -0.478 e. The van der Waals surface area contributed by atoms with Crippen LogP contribution in [0.15, 0.2) is 75.0 Å². The monoisotopic (exact) mass is 452 g/mol. The number of carboxylic acid groups (broad SMARTS) is 1. The van der Waals surface area contributed by atoms with E-state index in [0.29, 0.717) is 38.8 Å². The minimum atomic E-state index is -1.03. The van der Waals surface area contributed by atoms with Gasteiger partial charge in [-0.25, -0.2) is 9.79 Å². The molecule has 1 N–H and O–H groups in total. The molecule has 3 aromatic rings. The molecule has 0 bridgehead atoms. The van der Waals surface area contributed by atoms with Crippen molar-refractivity contribution in [3.63, 3.8) is 0 Å². The number of carboxylic acids is 1. The van der Waals surface area contributed by atoms with Gasteiger partial charge in [-0.15, -0.1) is 0 Å². The fourth-order valence-corrected chi connectivity index (χ4v) is 4.28. The predicted octanol–water partition coefficient (Wildman–Crippen LogP) is 5.92. The molecule has 1 aliphatic rings. The average Bonchev–Trinajstić information content (AvgIpc) is 3.33. The maximum Gasteiger partial charge on any atom is 0.335 e. The highest BCUT2D eigenvalue weighted by atomic mass is 35.5. The van der Waals surface area contributed by atoms with Crippen LogP contribution in [0.25, 0.3) is 17.4 Å². The van der Waals surface area contributed by atoms with Crippen LogP contribution in [0, 0.1) is 0 Å². The summed E-state index contributed by atoms with van der Waals surface area (Å²) in [4.78, 5) is 30.6. The zero-order valence-electron chi connectivity index (χ0n) is 16.4. The lowest BCUT2D eigenvalue weighted by Crippen LogP contribution is -2.28. The summed E-state index contributed by atoms with van der Waals surface area (Å²) in [7, 11) is 0. The van der Waals surface area contributed by atoms with Crippen LogP contribution >= 0.6 is 23.4 Å². The van der Waals surface area contributed by atoms with Gasteiger partial charge >= 0.3 is 5.97 Å². The number of benzene rings is 2. The van der Waals surface area contributed by atoms with E-state index in [2.05, 4.69) is 4.99 Å². The number of aliphatic imine (C=N–C) groups is 1. The van der Waals surface area contributed by atoms with Crippen molar-refractivity contribution in [3.8, 4) is 11.3 Å². The lowest BCUT2D eigenvalue weighted by atomic mass is 10.2. The molecule has 2 heterocycles. The van der Waals surface area contributed by atoms with Crippen molar-refractivity contribution in [2.45, 2.75) is 6.92 Å². The molecule has 4 rings (SSSR count). The van der Waals surface area contributed by atoms with E-state index in [1.54, 1.807) is 35.2 Å². The van der Waals surface area contributed by atoms with Gasteiger partial charge in [-0.3, -0.25) is 9.69 Å². The van der Waals surface area contributed by atoms with Crippen LogP contribution in [0.4, 0.5) is 5.69 Å². The van der Waals surface area contributed by atoms with E-state index in [4.69, 9.17) is 16.0 Å². The van der Waals surface area contributed by atoms with Crippen LogP contribution in [0.3, 0.4) is 0 Å². The minimum absolute atomic E-state index is 0.138. The fourth-order valence-electron chi connectivity index (χ4n) is 3.05. The number of thioether (sulfide) groups is 1.